The van der Waals surface area contributed by atoms with Gasteiger partial charge < -0.3 is 4.57 Å². The summed E-state index contributed by atoms with van der Waals surface area (Å²) in [5, 5.41) is 5.21. The van der Waals surface area contributed by atoms with Gasteiger partial charge in [-0.2, -0.15) is 9.78 Å². The molecule has 0 N–H and O–H groups in total. The van der Waals surface area contributed by atoms with Gasteiger partial charge in [0.25, 0.3) is 5.56 Å². The topological polar surface area (TPSA) is 52.2 Å². The fourth-order valence-electron chi connectivity index (χ4n) is 4.52. The number of benzene rings is 1. The van der Waals surface area contributed by atoms with Crippen molar-refractivity contribution in [2.75, 3.05) is 0 Å². The molecule has 5 nitrogen and oxygen atoms in total. The monoisotopic (exact) mass is 468 g/mol. The summed E-state index contributed by atoms with van der Waals surface area (Å²) in [5.74, 6) is 0.656. The van der Waals surface area contributed by atoms with E-state index in [1.807, 2.05) is 24.4 Å². The molecule has 158 valence electrons. The highest BCUT2D eigenvalue weighted by Gasteiger charge is 2.24. The Morgan fingerprint density at radius 2 is 1.87 bits per heavy atom. The highest BCUT2D eigenvalue weighted by atomic mass is 79.9. The molecule has 0 bridgehead atoms. The Hall–Kier alpha value is -2.21. The first-order chi connectivity index (χ1) is 14.2. The summed E-state index contributed by atoms with van der Waals surface area (Å²) in [6, 6.07) is 8.35. The van der Waals surface area contributed by atoms with Crippen molar-refractivity contribution in [1.82, 2.24) is 14.2 Å². The van der Waals surface area contributed by atoms with E-state index >= 15 is 0 Å². The molecule has 1 fully saturated rings. The molecule has 1 aliphatic rings. The standard InChI is InChI=1S/C24H29BrN4O/c1-15-12-17(16(2)28(15)19-8-6-7-9-19)14-26-29-22(30)20-13-18(25)10-11-21(20)27-23(29)24(3,4)5/h10-14,19H,6-9H2,1-5H3. The lowest BCUT2D eigenvalue weighted by molar-refractivity contribution is 0.500. The average molecular weight is 469 g/mol. The summed E-state index contributed by atoms with van der Waals surface area (Å²) in [6.07, 6.45) is 6.89. The lowest BCUT2D eigenvalue weighted by Crippen LogP contribution is -2.29. The number of rotatable bonds is 3. The van der Waals surface area contributed by atoms with E-state index < -0.39 is 0 Å². The molecule has 0 spiro atoms. The second-order valence-corrected chi connectivity index (χ2v) is 10.3. The van der Waals surface area contributed by atoms with E-state index in [0.717, 1.165) is 10.0 Å². The minimum Gasteiger partial charge on any atom is -0.345 e. The number of aryl methyl sites for hydroxylation is 1. The molecular weight excluding hydrogens is 440 g/mol. The molecule has 2 heterocycles. The van der Waals surface area contributed by atoms with Crippen LogP contribution in [0.5, 0.6) is 0 Å². The molecule has 1 saturated carbocycles. The van der Waals surface area contributed by atoms with E-state index in [4.69, 9.17) is 4.98 Å². The van der Waals surface area contributed by atoms with Crippen LogP contribution in [0.15, 0.2) is 38.6 Å². The van der Waals surface area contributed by atoms with Crippen molar-refractivity contribution in [2.24, 2.45) is 5.10 Å². The van der Waals surface area contributed by atoms with Crippen LogP contribution in [0.3, 0.4) is 0 Å². The maximum Gasteiger partial charge on any atom is 0.282 e. The molecule has 3 aromatic rings. The first-order valence-electron chi connectivity index (χ1n) is 10.6. The van der Waals surface area contributed by atoms with Crippen molar-refractivity contribution in [3.8, 4) is 0 Å². The van der Waals surface area contributed by atoms with Crippen LogP contribution in [0.1, 0.15) is 75.3 Å². The van der Waals surface area contributed by atoms with Crippen molar-refractivity contribution >= 4 is 33.0 Å². The first kappa shape index (κ1) is 21.0. The average Bonchev–Trinajstić information content (AvgIpc) is 3.28. The van der Waals surface area contributed by atoms with Crippen LogP contribution in [0.25, 0.3) is 10.9 Å². The summed E-state index contributed by atoms with van der Waals surface area (Å²) < 4.78 is 4.77. The van der Waals surface area contributed by atoms with Crippen molar-refractivity contribution in [3.63, 3.8) is 0 Å². The van der Waals surface area contributed by atoms with Gasteiger partial charge in [-0.1, -0.05) is 49.5 Å². The van der Waals surface area contributed by atoms with E-state index in [0.29, 0.717) is 22.8 Å². The Kier molecular flexibility index (Phi) is 5.47. The van der Waals surface area contributed by atoms with Gasteiger partial charge in [-0.3, -0.25) is 4.79 Å². The SMILES string of the molecule is Cc1cc(C=Nn2c(C(C)(C)C)nc3ccc(Br)cc3c2=O)c(C)n1C1CCCC1. The van der Waals surface area contributed by atoms with E-state index in [-0.39, 0.29) is 11.0 Å². The van der Waals surface area contributed by atoms with Crippen molar-refractivity contribution < 1.29 is 0 Å². The van der Waals surface area contributed by atoms with Crippen LogP contribution in [0, 0.1) is 13.8 Å². The predicted molar refractivity (Wildman–Crippen MR) is 127 cm³/mol. The molecule has 0 unspecified atom stereocenters. The zero-order chi connectivity index (χ0) is 21.6. The molecule has 6 heteroatoms. The van der Waals surface area contributed by atoms with Crippen LogP contribution >= 0.6 is 15.9 Å². The van der Waals surface area contributed by atoms with Crippen LogP contribution in [-0.4, -0.2) is 20.4 Å². The summed E-state index contributed by atoms with van der Waals surface area (Å²) in [6.45, 7) is 10.5. The molecule has 0 amide bonds. The molecule has 0 radical (unpaired) electrons. The number of hydrogen-bond donors (Lipinski definition) is 0. The fourth-order valence-corrected chi connectivity index (χ4v) is 4.88. The Morgan fingerprint density at radius 1 is 1.17 bits per heavy atom. The van der Waals surface area contributed by atoms with E-state index in [1.54, 1.807) is 0 Å². The Labute approximate surface area is 186 Å². The van der Waals surface area contributed by atoms with Crippen molar-refractivity contribution in [1.29, 1.82) is 0 Å². The molecule has 0 atom stereocenters. The minimum absolute atomic E-state index is 0.146. The molecule has 30 heavy (non-hydrogen) atoms. The zero-order valence-corrected chi connectivity index (χ0v) is 20.0. The van der Waals surface area contributed by atoms with E-state index in [9.17, 15) is 4.79 Å². The third-order valence-electron chi connectivity index (χ3n) is 6.00. The number of fused-ring (bicyclic) bond motifs is 1. The maximum atomic E-state index is 13.3. The van der Waals surface area contributed by atoms with E-state index in [1.165, 1.54) is 41.7 Å². The number of nitrogens with zero attached hydrogens (tertiary/aromatic N) is 4. The highest BCUT2D eigenvalue weighted by Crippen LogP contribution is 2.33. The van der Waals surface area contributed by atoms with Crippen molar-refractivity contribution in [3.05, 3.63) is 61.9 Å². The lowest BCUT2D eigenvalue weighted by Gasteiger charge is -2.21. The largest absolute Gasteiger partial charge is 0.345 e. The lowest BCUT2D eigenvalue weighted by atomic mass is 9.95. The zero-order valence-electron chi connectivity index (χ0n) is 18.4. The summed E-state index contributed by atoms with van der Waals surface area (Å²) in [7, 11) is 0. The van der Waals surface area contributed by atoms with Gasteiger partial charge in [-0.15, -0.1) is 0 Å². The van der Waals surface area contributed by atoms with Gasteiger partial charge in [-0.05, 0) is 51.0 Å². The summed E-state index contributed by atoms with van der Waals surface area (Å²) >= 11 is 3.46. The summed E-state index contributed by atoms with van der Waals surface area (Å²) in [4.78, 5) is 18.1. The fraction of sp³-hybridized carbons (Fsp3) is 0.458. The van der Waals surface area contributed by atoms with E-state index in [2.05, 4.69) is 66.3 Å². The van der Waals surface area contributed by atoms with Gasteiger partial charge in [0, 0.05) is 32.9 Å². The van der Waals surface area contributed by atoms with Gasteiger partial charge in [0.1, 0.15) is 5.82 Å². The molecule has 1 aliphatic carbocycles. The predicted octanol–water partition coefficient (Wildman–Crippen LogP) is 5.87. The molecule has 1 aromatic carbocycles. The third kappa shape index (κ3) is 3.78. The molecular formula is C24H29BrN4O. The Morgan fingerprint density at radius 3 is 2.53 bits per heavy atom. The van der Waals surface area contributed by atoms with Gasteiger partial charge in [0.15, 0.2) is 0 Å². The number of hydrogen-bond acceptors (Lipinski definition) is 3. The van der Waals surface area contributed by atoms with Crippen LogP contribution in [-0.2, 0) is 5.41 Å². The van der Waals surface area contributed by atoms with Crippen LogP contribution in [0.2, 0.25) is 0 Å². The molecule has 0 aliphatic heterocycles. The van der Waals surface area contributed by atoms with Crippen LogP contribution < -0.4 is 5.56 Å². The summed E-state index contributed by atoms with van der Waals surface area (Å²) in [5.41, 5.74) is 3.75. The molecule has 4 rings (SSSR count). The first-order valence-corrected chi connectivity index (χ1v) is 11.4. The van der Waals surface area contributed by atoms with Gasteiger partial charge in [0.2, 0.25) is 0 Å². The van der Waals surface area contributed by atoms with Crippen LogP contribution in [0.4, 0.5) is 0 Å². The minimum atomic E-state index is -0.321. The smallest absolute Gasteiger partial charge is 0.282 e. The van der Waals surface area contributed by atoms with Crippen molar-refractivity contribution in [2.45, 2.75) is 71.8 Å². The van der Waals surface area contributed by atoms with Gasteiger partial charge in [0.05, 0.1) is 17.1 Å². The van der Waals surface area contributed by atoms with Gasteiger partial charge >= 0.3 is 0 Å². The third-order valence-corrected chi connectivity index (χ3v) is 6.50. The molecule has 2 aromatic heterocycles. The molecule has 0 saturated heterocycles. The second-order valence-electron chi connectivity index (χ2n) is 9.34. The second kappa shape index (κ2) is 7.80. The maximum absolute atomic E-state index is 13.3. The van der Waals surface area contributed by atoms with Gasteiger partial charge in [-0.25, -0.2) is 4.98 Å². The quantitative estimate of drug-likeness (QED) is 0.451. The number of aromatic nitrogens is 3. The Bertz CT molecular complexity index is 1190. The number of halogens is 1. The highest BCUT2D eigenvalue weighted by molar-refractivity contribution is 9.10. The Balaban J connectivity index is 1.84. The normalized spacial score (nSPS) is 15.7.